The monoisotopic (exact) mass is 255 g/mol. The molecular formula is C14H22FNO2. The minimum Gasteiger partial charge on any atom is -0.494 e. The lowest BCUT2D eigenvalue weighted by molar-refractivity contribution is 0.165. The highest BCUT2D eigenvalue weighted by Crippen LogP contribution is 2.21. The molecule has 1 unspecified atom stereocenters. The Hall–Kier alpha value is -1.13. The van der Waals surface area contributed by atoms with Gasteiger partial charge in [-0.2, -0.15) is 0 Å². The van der Waals surface area contributed by atoms with Gasteiger partial charge in [0.2, 0.25) is 0 Å². The molecule has 0 bridgehead atoms. The molecule has 1 aromatic rings. The Morgan fingerprint density at radius 2 is 2.11 bits per heavy atom. The predicted molar refractivity (Wildman–Crippen MR) is 70.6 cm³/mol. The van der Waals surface area contributed by atoms with Crippen molar-refractivity contribution in [2.24, 2.45) is 0 Å². The fourth-order valence-electron chi connectivity index (χ4n) is 1.88. The quantitative estimate of drug-likeness (QED) is 0.773. The molecule has 0 amide bonds. The molecule has 0 aromatic heterocycles. The molecule has 0 radical (unpaired) electrons. The lowest BCUT2D eigenvalue weighted by Gasteiger charge is -2.18. The minimum atomic E-state index is -0.278. The Bertz CT molecular complexity index is 358. The lowest BCUT2D eigenvalue weighted by Crippen LogP contribution is -2.35. The molecule has 1 N–H and O–H groups in total. The van der Waals surface area contributed by atoms with E-state index in [9.17, 15) is 4.39 Å². The van der Waals surface area contributed by atoms with Crippen LogP contribution in [0.5, 0.6) is 5.75 Å². The second-order valence-electron chi connectivity index (χ2n) is 4.24. The maximum Gasteiger partial charge on any atom is 0.168 e. The Labute approximate surface area is 108 Å². The zero-order valence-electron chi connectivity index (χ0n) is 11.3. The summed E-state index contributed by atoms with van der Waals surface area (Å²) in [6, 6.07) is 5.34. The molecule has 0 aliphatic heterocycles. The first kappa shape index (κ1) is 14.9. The van der Waals surface area contributed by atoms with Crippen LogP contribution in [0.4, 0.5) is 4.39 Å². The van der Waals surface area contributed by atoms with E-state index in [1.165, 1.54) is 7.11 Å². The molecule has 18 heavy (non-hydrogen) atoms. The highest BCUT2D eigenvalue weighted by atomic mass is 19.1. The van der Waals surface area contributed by atoms with E-state index in [1.807, 2.05) is 0 Å². The van der Waals surface area contributed by atoms with Crippen LogP contribution in [-0.4, -0.2) is 33.4 Å². The van der Waals surface area contributed by atoms with Crippen molar-refractivity contribution in [3.8, 4) is 5.75 Å². The van der Waals surface area contributed by atoms with Crippen molar-refractivity contribution in [1.82, 2.24) is 5.32 Å². The van der Waals surface area contributed by atoms with E-state index in [4.69, 9.17) is 9.47 Å². The van der Waals surface area contributed by atoms with Crippen molar-refractivity contribution in [2.75, 3.05) is 27.4 Å². The van der Waals surface area contributed by atoms with Crippen molar-refractivity contribution in [3.05, 3.63) is 29.6 Å². The van der Waals surface area contributed by atoms with Gasteiger partial charge < -0.3 is 14.8 Å². The Morgan fingerprint density at radius 1 is 1.33 bits per heavy atom. The van der Waals surface area contributed by atoms with Crippen LogP contribution in [0.3, 0.4) is 0 Å². The first-order chi connectivity index (χ1) is 8.72. The molecule has 0 aliphatic carbocycles. The van der Waals surface area contributed by atoms with Gasteiger partial charge in [-0.1, -0.05) is 19.1 Å². The first-order valence-corrected chi connectivity index (χ1v) is 6.26. The zero-order chi connectivity index (χ0) is 13.4. The van der Waals surface area contributed by atoms with Crippen molar-refractivity contribution >= 4 is 0 Å². The summed E-state index contributed by atoms with van der Waals surface area (Å²) >= 11 is 0. The summed E-state index contributed by atoms with van der Waals surface area (Å²) in [7, 11) is 3.13. The van der Waals surface area contributed by atoms with E-state index in [0.717, 1.165) is 13.0 Å². The van der Waals surface area contributed by atoms with Gasteiger partial charge in [-0.3, -0.25) is 0 Å². The second kappa shape index (κ2) is 8.06. The molecule has 0 fully saturated rings. The third-order valence-corrected chi connectivity index (χ3v) is 2.78. The van der Waals surface area contributed by atoms with Gasteiger partial charge >= 0.3 is 0 Å². The van der Waals surface area contributed by atoms with Gasteiger partial charge in [0.25, 0.3) is 0 Å². The summed E-state index contributed by atoms with van der Waals surface area (Å²) in [5.41, 5.74) is 0.653. The minimum absolute atomic E-state index is 0.122. The maximum atomic E-state index is 14.0. The molecular weight excluding hydrogens is 233 g/mol. The lowest BCUT2D eigenvalue weighted by atomic mass is 10.1. The summed E-state index contributed by atoms with van der Waals surface area (Å²) in [6.07, 6.45) is 1.64. The number of hydrogen-bond acceptors (Lipinski definition) is 3. The maximum absolute atomic E-state index is 14.0. The number of halogens is 1. The van der Waals surface area contributed by atoms with Crippen LogP contribution in [0.1, 0.15) is 18.9 Å². The fourth-order valence-corrected chi connectivity index (χ4v) is 1.88. The Kier molecular flexibility index (Phi) is 6.68. The van der Waals surface area contributed by atoms with Gasteiger partial charge in [-0.15, -0.1) is 0 Å². The molecule has 4 heteroatoms. The van der Waals surface area contributed by atoms with Crippen LogP contribution >= 0.6 is 0 Å². The third kappa shape index (κ3) is 4.27. The second-order valence-corrected chi connectivity index (χ2v) is 4.24. The molecule has 0 aliphatic rings. The smallest absolute Gasteiger partial charge is 0.168 e. The van der Waals surface area contributed by atoms with E-state index in [-0.39, 0.29) is 11.9 Å². The largest absolute Gasteiger partial charge is 0.494 e. The van der Waals surface area contributed by atoms with E-state index in [1.54, 1.807) is 25.3 Å². The normalized spacial score (nSPS) is 12.4. The fraction of sp³-hybridized carbons (Fsp3) is 0.571. The van der Waals surface area contributed by atoms with Crippen LogP contribution in [0, 0.1) is 5.82 Å². The zero-order valence-corrected chi connectivity index (χ0v) is 11.3. The van der Waals surface area contributed by atoms with Crippen molar-refractivity contribution in [2.45, 2.75) is 25.8 Å². The first-order valence-electron chi connectivity index (χ1n) is 6.26. The van der Waals surface area contributed by atoms with Crippen LogP contribution in [0.2, 0.25) is 0 Å². The molecule has 0 heterocycles. The van der Waals surface area contributed by atoms with E-state index >= 15 is 0 Å². The Balaban J connectivity index is 2.73. The Morgan fingerprint density at radius 3 is 2.72 bits per heavy atom. The van der Waals surface area contributed by atoms with Gasteiger partial charge in [0.1, 0.15) is 0 Å². The van der Waals surface area contributed by atoms with Gasteiger partial charge in [0, 0.05) is 13.2 Å². The number of hydrogen-bond donors (Lipinski definition) is 1. The van der Waals surface area contributed by atoms with Crippen LogP contribution in [0.15, 0.2) is 18.2 Å². The standard InChI is InChI=1S/C14H22FNO2/c1-4-8-16-12(10-17-2)9-11-6-5-7-13(18-3)14(11)15/h5-7,12,16H,4,8-10H2,1-3H3. The van der Waals surface area contributed by atoms with Crippen LogP contribution in [0.25, 0.3) is 0 Å². The average Bonchev–Trinajstić information content (AvgIpc) is 2.38. The summed E-state index contributed by atoms with van der Waals surface area (Å²) in [5.74, 6) is 0.0126. The molecule has 0 saturated heterocycles. The SMILES string of the molecule is CCCNC(COC)Cc1cccc(OC)c1F. The number of benzene rings is 1. The number of ether oxygens (including phenoxy) is 2. The highest BCUT2D eigenvalue weighted by Gasteiger charge is 2.14. The van der Waals surface area contributed by atoms with Crippen LogP contribution < -0.4 is 10.1 Å². The van der Waals surface area contributed by atoms with Gasteiger partial charge in [-0.05, 0) is 31.0 Å². The molecule has 0 spiro atoms. The third-order valence-electron chi connectivity index (χ3n) is 2.78. The van der Waals surface area contributed by atoms with Crippen molar-refractivity contribution < 1.29 is 13.9 Å². The average molecular weight is 255 g/mol. The highest BCUT2D eigenvalue weighted by molar-refractivity contribution is 5.31. The molecule has 1 aromatic carbocycles. The van der Waals surface area contributed by atoms with E-state index < -0.39 is 0 Å². The number of nitrogens with one attached hydrogen (secondary N) is 1. The number of rotatable bonds is 8. The molecule has 1 rings (SSSR count). The van der Waals surface area contributed by atoms with Crippen molar-refractivity contribution in [3.63, 3.8) is 0 Å². The van der Waals surface area contributed by atoms with Crippen LogP contribution in [-0.2, 0) is 11.2 Å². The van der Waals surface area contributed by atoms with E-state index in [2.05, 4.69) is 12.2 Å². The summed E-state index contributed by atoms with van der Waals surface area (Å²) in [5, 5.41) is 3.35. The van der Waals surface area contributed by atoms with E-state index in [0.29, 0.717) is 24.3 Å². The molecule has 1 atom stereocenters. The summed E-state index contributed by atoms with van der Waals surface area (Å²) < 4.78 is 24.1. The molecule has 3 nitrogen and oxygen atoms in total. The predicted octanol–water partition coefficient (Wildman–Crippen LogP) is 2.39. The molecule has 102 valence electrons. The van der Waals surface area contributed by atoms with Gasteiger partial charge in [-0.25, -0.2) is 4.39 Å². The topological polar surface area (TPSA) is 30.5 Å². The summed E-state index contributed by atoms with van der Waals surface area (Å²) in [6.45, 7) is 3.57. The molecule has 0 saturated carbocycles. The summed E-state index contributed by atoms with van der Waals surface area (Å²) in [4.78, 5) is 0. The van der Waals surface area contributed by atoms with Gasteiger partial charge in [0.05, 0.1) is 13.7 Å². The van der Waals surface area contributed by atoms with Crippen molar-refractivity contribution in [1.29, 1.82) is 0 Å². The number of methoxy groups -OCH3 is 2. The van der Waals surface area contributed by atoms with Gasteiger partial charge in [0.15, 0.2) is 11.6 Å².